The fourth-order valence-corrected chi connectivity index (χ4v) is 1.76. The van der Waals surface area contributed by atoms with E-state index in [1.807, 2.05) is 12.1 Å². The van der Waals surface area contributed by atoms with Crippen LogP contribution in [0.3, 0.4) is 0 Å². The Bertz CT molecular complexity index is 583. The summed E-state index contributed by atoms with van der Waals surface area (Å²) in [5, 5.41) is 24.2. The average molecular weight is 279 g/mol. The first-order valence-corrected chi connectivity index (χ1v) is 6.36. The number of rotatable bonds is 8. The zero-order valence-electron chi connectivity index (χ0n) is 11.2. The third-order valence-corrected chi connectivity index (χ3v) is 2.73. The summed E-state index contributed by atoms with van der Waals surface area (Å²) in [6, 6.07) is 3.64. The van der Waals surface area contributed by atoms with E-state index in [1.165, 1.54) is 0 Å². The molecular weight excluding hydrogens is 262 g/mol. The largest absolute Gasteiger partial charge is 0.481 e. The lowest BCUT2D eigenvalue weighted by atomic mass is 10.2. The minimum Gasteiger partial charge on any atom is -0.481 e. The van der Waals surface area contributed by atoms with Crippen LogP contribution in [0.4, 0.5) is 5.82 Å². The molecule has 2 aromatic heterocycles. The molecular formula is C12H17N5O3. The maximum Gasteiger partial charge on any atom is 0.303 e. The Morgan fingerprint density at radius 3 is 3.05 bits per heavy atom. The number of hydrogen-bond donors (Lipinski definition) is 2. The molecule has 20 heavy (non-hydrogen) atoms. The van der Waals surface area contributed by atoms with Gasteiger partial charge in [-0.15, -0.1) is 15.3 Å². The number of carboxylic acid groups (broad SMARTS) is 1. The number of carboxylic acids is 1. The second kappa shape index (κ2) is 6.80. The van der Waals surface area contributed by atoms with Gasteiger partial charge in [0.25, 0.3) is 0 Å². The molecule has 0 radical (unpaired) electrons. The molecule has 0 aliphatic carbocycles. The molecule has 2 aromatic rings. The van der Waals surface area contributed by atoms with E-state index in [4.69, 9.17) is 9.84 Å². The van der Waals surface area contributed by atoms with Crippen molar-refractivity contribution >= 4 is 17.4 Å². The molecule has 0 aliphatic rings. The monoisotopic (exact) mass is 279 g/mol. The zero-order chi connectivity index (χ0) is 14.4. The molecule has 2 rings (SSSR count). The van der Waals surface area contributed by atoms with Gasteiger partial charge in [-0.25, -0.2) is 0 Å². The molecule has 0 bridgehead atoms. The van der Waals surface area contributed by atoms with Crippen LogP contribution in [0.25, 0.3) is 5.65 Å². The van der Waals surface area contributed by atoms with Crippen molar-refractivity contribution in [2.24, 2.45) is 0 Å². The molecule has 0 spiro atoms. The van der Waals surface area contributed by atoms with Gasteiger partial charge >= 0.3 is 5.97 Å². The molecule has 8 heteroatoms. The van der Waals surface area contributed by atoms with Crippen LogP contribution in [-0.2, 0) is 16.0 Å². The van der Waals surface area contributed by atoms with Gasteiger partial charge in [0.1, 0.15) is 5.82 Å². The highest BCUT2D eigenvalue weighted by Gasteiger charge is 2.08. The SMILES string of the molecule is COCCNc1ccc2nnc(CCCC(=O)O)n2n1. The summed E-state index contributed by atoms with van der Waals surface area (Å²) in [6.07, 6.45) is 1.15. The number of nitrogens with zero attached hydrogens (tertiary/aromatic N) is 4. The van der Waals surface area contributed by atoms with Gasteiger partial charge in [-0.2, -0.15) is 4.52 Å². The minimum absolute atomic E-state index is 0.112. The van der Waals surface area contributed by atoms with Gasteiger partial charge in [-0.3, -0.25) is 4.79 Å². The smallest absolute Gasteiger partial charge is 0.303 e. The highest BCUT2D eigenvalue weighted by atomic mass is 16.5. The quantitative estimate of drug-likeness (QED) is 0.682. The molecule has 0 amide bonds. The molecule has 0 fully saturated rings. The van der Waals surface area contributed by atoms with Crippen molar-refractivity contribution in [3.63, 3.8) is 0 Å². The average Bonchev–Trinajstić information content (AvgIpc) is 2.82. The van der Waals surface area contributed by atoms with Crippen LogP contribution in [0.1, 0.15) is 18.7 Å². The first-order valence-electron chi connectivity index (χ1n) is 6.36. The van der Waals surface area contributed by atoms with Crippen molar-refractivity contribution in [1.82, 2.24) is 19.8 Å². The fourth-order valence-electron chi connectivity index (χ4n) is 1.76. The lowest BCUT2D eigenvalue weighted by Crippen LogP contribution is -2.10. The summed E-state index contributed by atoms with van der Waals surface area (Å²) in [4.78, 5) is 10.5. The standard InChI is InChI=1S/C12H17N5O3/c1-20-8-7-13-9-5-6-11-15-14-10(17(11)16-9)3-2-4-12(18)19/h5-6H,2-4,7-8H2,1H3,(H,13,16)(H,18,19). The van der Waals surface area contributed by atoms with Crippen molar-refractivity contribution in [2.75, 3.05) is 25.6 Å². The minimum atomic E-state index is -0.811. The van der Waals surface area contributed by atoms with E-state index >= 15 is 0 Å². The lowest BCUT2D eigenvalue weighted by Gasteiger charge is -2.05. The summed E-state index contributed by atoms with van der Waals surface area (Å²) < 4.78 is 6.59. The van der Waals surface area contributed by atoms with Crippen LogP contribution in [0.2, 0.25) is 0 Å². The molecule has 2 N–H and O–H groups in total. The summed E-state index contributed by atoms with van der Waals surface area (Å²) >= 11 is 0. The third-order valence-electron chi connectivity index (χ3n) is 2.73. The maximum absolute atomic E-state index is 10.5. The number of carbonyl (C=O) groups is 1. The van der Waals surface area contributed by atoms with E-state index in [0.717, 1.165) is 0 Å². The number of anilines is 1. The number of aromatic nitrogens is 4. The number of ether oxygens (including phenoxy) is 1. The second-order valence-corrected chi connectivity index (χ2v) is 4.27. The molecule has 108 valence electrons. The summed E-state index contributed by atoms with van der Waals surface area (Å²) in [7, 11) is 1.64. The molecule has 0 saturated carbocycles. The highest BCUT2D eigenvalue weighted by Crippen LogP contribution is 2.09. The predicted octanol–water partition coefficient (Wildman–Crippen LogP) is 0.590. The van der Waals surface area contributed by atoms with Gasteiger partial charge in [0.05, 0.1) is 6.61 Å². The van der Waals surface area contributed by atoms with Gasteiger partial charge in [-0.05, 0) is 18.6 Å². The summed E-state index contributed by atoms with van der Waals surface area (Å²) in [6.45, 7) is 1.25. The van der Waals surface area contributed by atoms with Crippen molar-refractivity contribution in [3.05, 3.63) is 18.0 Å². The molecule has 2 heterocycles. The predicted molar refractivity (Wildman–Crippen MR) is 71.7 cm³/mol. The third kappa shape index (κ3) is 3.64. The summed E-state index contributed by atoms with van der Waals surface area (Å²) in [5.41, 5.74) is 0.646. The normalized spacial score (nSPS) is 10.8. The molecule has 0 saturated heterocycles. The van der Waals surface area contributed by atoms with Crippen molar-refractivity contribution in [3.8, 4) is 0 Å². The Kier molecular flexibility index (Phi) is 4.83. The van der Waals surface area contributed by atoms with Crippen LogP contribution >= 0.6 is 0 Å². The van der Waals surface area contributed by atoms with Gasteiger partial charge in [0.15, 0.2) is 11.5 Å². The van der Waals surface area contributed by atoms with Crippen LogP contribution in [0.15, 0.2) is 12.1 Å². The van der Waals surface area contributed by atoms with E-state index in [-0.39, 0.29) is 6.42 Å². The van der Waals surface area contributed by atoms with E-state index in [2.05, 4.69) is 20.6 Å². The second-order valence-electron chi connectivity index (χ2n) is 4.27. The Balaban J connectivity index is 2.06. The van der Waals surface area contributed by atoms with Gasteiger partial charge in [0.2, 0.25) is 0 Å². The maximum atomic E-state index is 10.5. The lowest BCUT2D eigenvalue weighted by molar-refractivity contribution is -0.137. The van der Waals surface area contributed by atoms with Crippen LogP contribution in [0.5, 0.6) is 0 Å². The molecule has 8 nitrogen and oxygen atoms in total. The van der Waals surface area contributed by atoms with Gasteiger partial charge in [0, 0.05) is 26.5 Å². The highest BCUT2D eigenvalue weighted by molar-refractivity contribution is 5.66. The molecule has 0 aliphatic heterocycles. The number of methoxy groups -OCH3 is 1. The van der Waals surface area contributed by atoms with Crippen molar-refractivity contribution in [1.29, 1.82) is 0 Å². The Morgan fingerprint density at radius 2 is 2.30 bits per heavy atom. The van der Waals surface area contributed by atoms with Crippen LogP contribution in [-0.4, -0.2) is 51.1 Å². The van der Waals surface area contributed by atoms with Crippen LogP contribution in [0, 0.1) is 0 Å². The van der Waals surface area contributed by atoms with E-state index in [9.17, 15) is 4.79 Å². The number of aliphatic carboxylic acids is 1. The Labute approximate surface area is 115 Å². The number of fused-ring (bicyclic) bond motifs is 1. The van der Waals surface area contributed by atoms with Crippen molar-refractivity contribution < 1.29 is 14.6 Å². The summed E-state index contributed by atoms with van der Waals surface area (Å²) in [5.74, 6) is 0.555. The number of nitrogens with one attached hydrogen (secondary N) is 1. The molecule has 0 aromatic carbocycles. The zero-order valence-corrected chi connectivity index (χ0v) is 11.2. The van der Waals surface area contributed by atoms with E-state index < -0.39 is 5.97 Å². The molecule has 0 unspecified atom stereocenters. The molecule has 0 atom stereocenters. The first-order chi connectivity index (χ1) is 9.70. The van der Waals surface area contributed by atoms with Crippen molar-refractivity contribution in [2.45, 2.75) is 19.3 Å². The Morgan fingerprint density at radius 1 is 1.45 bits per heavy atom. The van der Waals surface area contributed by atoms with E-state index in [0.29, 0.717) is 43.3 Å². The van der Waals surface area contributed by atoms with Gasteiger partial charge in [-0.1, -0.05) is 0 Å². The Hall–Kier alpha value is -2.22. The van der Waals surface area contributed by atoms with E-state index in [1.54, 1.807) is 11.6 Å². The van der Waals surface area contributed by atoms with Gasteiger partial charge < -0.3 is 15.2 Å². The first kappa shape index (κ1) is 14.2. The number of aryl methyl sites for hydroxylation is 1. The number of hydrogen-bond acceptors (Lipinski definition) is 6. The fraction of sp³-hybridized carbons (Fsp3) is 0.500. The topological polar surface area (TPSA) is 102 Å². The van der Waals surface area contributed by atoms with Crippen LogP contribution < -0.4 is 5.32 Å².